The molecule has 1 aromatic heterocycles. The van der Waals surface area contributed by atoms with Gasteiger partial charge in [-0.1, -0.05) is 36.8 Å². The molecular formula is C19H24N4. The fourth-order valence-corrected chi connectivity index (χ4v) is 3.92. The Morgan fingerprint density at radius 3 is 2.65 bits per heavy atom. The van der Waals surface area contributed by atoms with E-state index in [0.717, 1.165) is 24.0 Å². The molecular weight excluding hydrogens is 284 g/mol. The summed E-state index contributed by atoms with van der Waals surface area (Å²) in [5.74, 6) is 0.800. The van der Waals surface area contributed by atoms with Crippen molar-refractivity contribution < 1.29 is 0 Å². The van der Waals surface area contributed by atoms with E-state index in [2.05, 4.69) is 20.2 Å². The molecule has 2 aromatic rings. The van der Waals surface area contributed by atoms with Gasteiger partial charge in [-0.25, -0.2) is 9.97 Å². The van der Waals surface area contributed by atoms with Crippen molar-refractivity contribution in [2.24, 2.45) is 0 Å². The van der Waals surface area contributed by atoms with Crippen LogP contribution in [-0.2, 0) is 6.54 Å². The number of nitrogens with one attached hydrogen (secondary N) is 1. The molecule has 120 valence electrons. The third-order valence-corrected chi connectivity index (χ3v) is 5.16. The number of rotatable bonds is 4. The van der Waals surface area contributed by atoms with E-state index in [1.807, 2.05) is 42.7 Å². The first kappa shape index (κ1) is 14.8. The van der Waals surface area contributed by atoms with Crippen LogP contribution >= 0.6 is 0 Å². The summed E-state index contributed by atoms with van der Waals surface area (Å²) in [5, 5.41) is 3.73. The van der Waals surface area contributed by atoms with Gasteiger partial charge in [0.2, 0.25) is 0 Å². The van der Waals surface area contributed by atoms with Crippen LogP contribution in [0.2, 0.25) is 0 Å². The van der Waals surface area contributed by atoms with Crippen LogP contribution in [0.5, 0.6) is 0 Å². The zero-order valence-corrected chi connectivity index (χ0v) is 13.5. The van der Waals surface area contributed by atoms with Crippen molar-refractivity contribution in [1.82, 2.24) is 20.2 Å². The Morgan fingerprint density at radius 1 is 1.00 bits per heavy atom. The van der Waals surface area contributed by atoms with Crippen molar-refractivity contribution in [1.29, 1.82) is 0 Å². The van der Waals surface area contributed by atoms with Crippen molar-refractivity contribution in [2.75, 3.05) is 13.1 Å². The fourth-order valence-electron chi connectivity index (χ4n) is 3.92. The molecule has 2 aliphatic rings. The highest BCUT2D eigenvalue weighted by molar-refractivity contribution is 5.53. The second-order valence-electron chi connectivity index (χ2n) is 6.66. The van der Waals surface area contributed by atoms with E-state index in [1.165, 1.54) is 44.3 Å². The van der Waals surface area contributed by atoms with Crippen LogP contribution in [0, 0.1) is 0 Å². The van der Waals surface area contributed by atoms with Crippen LogP contribution in [0.15, 0.2) is 42.7 Å². The minimum absolute atomic E-state index is 0.629. The molecule has 4 rings (SSSR count). The van der Waals surface area contributed by atoms with Crippen molar-refractivity contribution in [2.45, 2.75) is 44.3 Å². The third kappa shape index (κ3) is 3.28. The minimum Gasteiger partial charge on any atom is -0.308 e. The van der Waals surface area contributed by atoms with E-state index in [0.29, 0.717) is 6.04 Å². The summed E-state index contributed by atoms with van der Waals surface area (Å²) < 4.78 is 0. The molecule has 0 amide bonds. The maximum Gasteiger partial charge on any atom is 0.159 e. The monoisotopic (exact) mass is 308 g/mol. The fraction of sp³-hybridized carbons (Fsp3) is 0.474. The summed E-state index contributed by atoms with van der Waals surface area (Å²) in [5.41, 5.74) is 2.24. The molecule has 2 aliphatic heterocycles. The second-order valence-corrected chi connectivity index (χ2v) is 6.66. The molecule has 4 nitrogen and oxygen atoms in total. The highest BCUT2D eigenvalue weighted by atomic mass is 15.2. The van der Waals surface area contributed by atoms with Gasteiger partial charge in [0.1, 0.15) is 0 Å². The lowest BCUT2D eigenvalue weighted by atomic mass is 9.99. The zero-order chi connectivity index (χ0) is 15.5. The van der Waals surface area contributed by atoms with Gasteiger partial charge in [0, 0.05) is 48.7 Å². The first-order chi connectivity index (χ1) is 11.4. The second kappa shape index (κ2) is 6.77. The minimum atomic E-state index is 0.629. The van der Waals surface area contributed by atoms with Gasteiger partial charge in [0.25, 0.3) is 0 Å². The van der Waals surface area contributed by atoms with E-state index in [-0.39, 0.29) is 0 Å². The molecule has 23 heavy (non-hydrogen) atoms. The number of aromatic nitrogens is 2. The van der Waals surface area contributed by atoms with Crippen molar-refractivity contribution in [3.05, 3.63) is 48.3 Å². The molecule has 0 spiro atoms. The van der Waals surface area contributed by atoms with Gasteiger partial charge in [-0.3, -0.25) is 4.90 Å². The molecule has 0 radical (unpaired) electrons. The smallest absolute Gasteiger partial charge is 0.159 e. The maximum absolute atomic E-state index is 4.51. The quantitative estimate of drug-likeness (QED) is 0.943. The van der Waals surface area contributed by atoms with Gasteiger partial charge in [-0.05, 0) is 25.8 Å². The van der Waals surface area contributed by atoms with E-state index >= 15 is 0 Å². The molecule has 1 N–H and O–H groups in total. The molecule has 0 bridgehead atoms. The Labute approximate surface area is 138 Å². The highest BCUT2D eigenvalue weighted by Crippen LogP contribution is 2.27. The summed E-state index contributed by atoms with van der Waals surface area (Å²) in [7, 11) is 0. The highest BCUT2D eigenvalue weighted by Gasteiger charge is 2.34. The predicted molar refractivity (Wildman–Crippen MR) is 91.9 cm³/mol. The number of fused-ring (bicyclic) bond motifs is 1. The zero-order valence-electron chi connectivity index (χ0n) is 13.5. The average Bonchev–Trinajstić information content (AvgIpc) is 3.04. The molecule has 2 unspecified atom stereocenters. The van der Waals surface area contributed by atoms with Crippen LogP contribution < -0.4 is 5.32 Å². The number of piperidine rings is 1. The van der Waals surface area contributed by atoms with Gasteiger partial charge < -0.3 is 5.32 Å². The first-order valence-electron chi connectivity index (χ1n) is 8.74. The van der Waals surface area contributed by atoms with Gasteiger partial charge in [-0.15, -0.1) is 0 Å². The normalized spacial score (nSPS) is 24.5. The summed E-state index contributed by atoms with van der Waals surface area (Å²) in [6, 6.07) is 11.5. The van der Waals surface area contributed by atoms with Gasteiger partial charge in [0.05, 0.1) is 0 Å². The van der Waals surface area contributed by atoms with Crippen LogP contribution in [0.3, 0.4) is 0 Å². The molecule has 3 heterocycles. The average molecular weight is 308 g/mol. The van der Waals surface area contributed by atoms with Crippen molar-refractivity contribution in [3.8, 4) is 11.4 Å². The topological polar surface area (TPSA) is 41.1 Å². The molecule has 1 aromatic carbocycles. The predicted octanol–water partition coefficient (Wildman–Crippen LogP) is 2.86. The SMILES string of the molecule is c1ccc(-c2ncc(CNC3CCN4CCCCC34)cn2)cc1. The Kier molecular flexibility index (Phi) is 4.35. The Bertz CT molecular complexity index is 626. The Morgan fingerprint density at radius 2 is 1.83 bits per heavy atom. The third-order valence-electron chi connectivity index (χ3n) is 5.16. The molecule has 2 saturated heterocycles. The first-order valence-corrected chi connectivity index (χ1v) is 8.74. The van der Waals surface area contributed by atoms with Crippen LogP contribution in [-0.4, -0.2) is 40.0 Å². The van der Waals surface area contributed by atoms with Crippen molar-refractivity contribution in [3.63, 3.8) is 0 Å². The van der Waals surface area contributed by atoms with Crippen LogP contribution in [0.4, 0.5) is 0 Å². The molecule has 4 heteroatoms. The molecule has 2 atom stereocenters. The van der Waals surface area contributed by atoms with Gasteiger partial charge in [0.15, 0.2) is 5.82 Å². The number of hydrogen-bond donors (Lipinski definition) is 1. The summed E-state index contributed by atoms with van der Waals surface area (Å²) in [6.45, 7) is 3.41. The van der Waals surface area contributed by atoms with E-state index in [9.17, 15) is 0 Å². The van der Waals surface area contributed by atoms with Crippen LogP contribution in [0.25, 0.3) is 11.4 Å². The Balaban J connectivity index is 1.36. The number of benzene rings is 1. The van der Waals surface area contributed by atoms with Crippen molar-refractivity contribution >= 4 is 0 Å². The lowest BCUT2D eigenvalue weighted by Crippen LogP contribution is -2.44. The van der Waals surface area contributed by atoms with Gasteiger partial charge in [-0.2, -0.15) is 0 Å². The lowest BCUT2D eigenvalue weighted by Gasteiger charge is -2.32. The van der Waals surface area contributed by atoms with E-state index in [4.69, 9.17) is 0 Å². The lowest BCUT2D eigenvalue weighted by molar-refractivity contribution is 0.180. The maximum atomic E-state index is 4.51. The van der Waals surface area contributed by atoms with E-state index in [1.54, 1.807) is 0 Å². The largest absolute Gasteiger partial charge is 0.308 e. The number of nitrogens with zero attached hydrogens (tertiary/aromatic N) is 3. The molecule has 0 saturated carbocycles. The van der Waals surface area contributed by atoms with Gasteiger partial charge >= 0.3 is 0 Å². The standard InChI is InChI=1S/C19H24N4/c1-2-6-16(7-3-1)19-21-13-15(14-22-19)12-20-17-9-11-23-10-5-4-8-18(17)23/h1-3,6-7,13-14,17-18,20H,4-5,8-12H2. The Hall–Kier alpha value is -1.78. The number of hydrogen-bond acceptors (Lipinski definition) is 4. The summed E-state index contributed by atoms with van der Waals surface area (Å²) in [4.78, 5) is 11.7. The molecule has 2 fully saturated rings. The van der Waals surface area contributed by atoms with E-state index < -0.39 is 0 Å². The van der Waals surface area contributed by atoms with Crippen LogP contribution in [0.1, 0.15) is 31.2 Å². The summed E-state index contributed by atoms with van der Waals surface area (Å²) >= 11 is 0. The molecule has 0 aliphatic carbocycles. The summed E-state index contributed by atoms with van der Waals surface area (Å²) in [6.07, 6.45) is 9.28.